The molecule has 0 atom stereocenters. The Morgan fingerprint density at radius 1 is 0.415 bits per heavy atom. The van der Waals surface area contributed by atoms with Crippen molar-refractivity contribution in [3.8, 4) is 44.5 Å². The van der Waals surface area contributed by atoms with E-state index in [1.807, 2.05) is 11.3 Å². The molecule has 2 heteroatoms. The molecule has 0 fully saturated rings. The summed E-state index contributed by atoms with van der Waals surface area (Å²) in [6.45, 7) is 4.74. The highest BCUT2D eigenvalue weighted by atomic mass is 32.1. The van der Waals surface area contributed by atoms with E-state index in [0.29, 0.717) is 0 Å². The molecule has 10 rings (SSSR count). The molecule has 252 valence electrons. The van der Waals surface area contributed by atoms with Gasteiger partial charge in [-0.25, -0.2) is 0 Å². The van der Waals surface area contributed by atoms with E-state index in [1.165, 1.54) is 75.8 Å². The summed E-state index contributed by atoms with van der Waals surface area (Å²) in [7, 11) is 0. The first-order valence-corrected chi connectivity index (χ1v) is 19.2. The second-order valence-electron chi connectivity index (χ2n) is 14.5. The van der Waals surface area contributed by atoms with E-state index in [9.17, 15) is 0 Å². The molecule has 53 heavy (non-hydrogen) atoms. The van der Waals surface area contributed by atoms with Gasteiger partial charge in [-0.05, 0) is 80.9 Å². The summed E-state index contributed by atoms with van der Waals surface area (Å²) < 4.78 is 2.59. The van der Waals surface area contributed by atoms with Gasteiger partial charge in [0.2, 0.25) is 0 Å². The molecular formula is C51H37NS. The Labute approximate surface area is 315 Å². The maximum Gasteiger partial charge on any atom is 0.0547 e. The molecule has 0 saturated heterocycles. The molecule has 0 spiro atoms. The molecule has 1 heterocycles. The van der Waals surface area contributed by atoms with Gasteiger partial charge in [0.05, 0.1) is 11.4 Å². The Hall–Kier alpha value is -6.22. The largest absolute Gasteiger partial charge is 0.309 e. The van der Waals surface area contributed by atoms with Crippen LogP contribution in [0.4, 0.5) is 17.1 Å². The van der Waals surface area contributed by atoms with Crippen LogP contribution in [0.1, 0.15) is 25.0 Å². The SMILES string of the molecule is CC1(C)c2ccccc2-c2ccc(N(c3ccccc3-c3ccccc3)c3ccc4sc5ccccc5c4c3-c3ccc(-c4ccccc4)cc3)cc21. The van der Waals surface area contributed by atoms with Crippen LogP contribution in [-0.4, -0.2) is 0 Å². The fourth-order valence-corrected chi connectivity index (χ4v) is 9.63. The van der Waals surface area contributed by atoms with E-state index in [-0.39, 0.29) is 5.41 Å². The van der Waals surface area contributed by atoms with E-state index >= 15 is 0 Å². The highest BCUT2D eigenvalue weighted by molar-refractivity contribution is 7.26. The minimum Gasteiger partial charge on any atom is -0.309 e. The van der Waals surface area contributed by atoms with E-state index in [1.54, 1.807) is 0 Å². The topological polar surface area (TPSA) is 3.24 Å². The molecule has 0 amide bonds. The zero-order valence-electron chi connectivity index (χ0n) is 29.8. The molecule has 1 aliphatic carbocycles. The molecule has 0 N–H and O–H groups in total. The second-order valence-corrected chi connectivity index (χ2v) is 15.6. The first-order valence-electron chi connectivity index (χ1n) is 18.4. The average Bonchev–Trinajstić information content (AvgIpc) is 3.71. The second kappa shape index (κ2) is 12.5. The predicted octanol–water partition coefficient (Wildman–Crippen LogP) is 14.8. The van der Waals surface area contributed by atoms with Gasteiger partial charge in [-0.2, -0.15) is 0 Å². The summed E-state index contributed by atoms with van der Waals surface area (Å²) in [5, 5.41) is 2.59. The van der Waals surface area contributed by atoms with E-state index in [4.69, 9.17) is 0 Å². The van der Waals surface area contributed by atoms with Crippen molar-refractivity contribution in [3.05, 3.63) is 199 Å². The van der Waals surface area contributed by atoms with Crippen molar-refractivity contribution in [1.82, 2.24) is 0 Å². The van der Waals surface area contributed by atoms with Crippen LogP contribution in [0.2, 0.25) is 0 Å². The third-order valence-corrected chi connectivity index (χ3v) is 12.2. The van der Waals surface area contributed by atoms with Crippen molar-refractivity contribution < 1.29 is 0 Å². The van der Waals surface area contributed by atoms with Crippen molar-refractivity contribution in [3.63, 3.8) is 0 Å². The van der Waals surface area contributed by atoms with E-state index in [2.05, 4.69) is 207 Å². The van der Waals surface area contributed by atoms with Gasteiger partial charge in [0.1, 0.15) is 0 Å². The molecule has 8 aromatic carbocycles. The van der Waals surface area contributed by atoms with Crippen LogP contribution in [0.15, 0.2) is 188 Å². The van der Waals surface area contributed by atoms with Gasteiger partial charge >= 0.3 is 0 Å². The molecule has 0 unspecified atom stereocenters. The number of thiophene rings is 1. The van der Waals surface area contributed by atoms with E-state index in [0.717, 1.165) is 17.1 Å². The van der Waals surface area contributed by atoms with Crippen molar-refractivity contribution >= 4 is 48.6 Å². The summed E-state index contributed by atoms with van der Waals surface area (Å²) in [6.07, 6.45) is 0. The Balaban J connectivity index is 1.27. The summed E-state index contributed by atoms with van der Waals surface area (Å²) >= 11 is 1.87. The molecule has 1 aromatic heterocycles. The molecule has 0 saturated carbocycles. The van der Waals surface area contributed by atoms with Crippen LogP contribution < -0.4 is 4.90 Å². The number of nitrogens with zero attached hydrogens (tertiary/aromatic N) is 1. The first-order chi connectivity index (χ1) is 26.1. The highest BCUT2D eigenvalue weighted by Gasteiger charge is 2.36. The number of para-hydroxylation sites is 1. The quantitative estimate of drug-likeness (QED) is 0.167. The number of anilines is 3. The van der Waals surface area contributed by atoms with Crippen molar-refractivity contribution in [1.29, 1.82) is 0 Å². The maximum atomic E-state index is 2.52. The number of fused-ring (bicyclic) bond motifs is 6. The van der Waals surface area contributed by atoms with Crippen molar-refractivity contribution in [2.75, 3.05) is 4.90 Å². The maximum absolute atomic E-state index is 2.52. The third-order valence-electron chi connectivity index (χ3n) is 11.1. The highest BCUT2D eigenvalue weighted by Crippen LogP contribution is 2.53. The van der Waals surface area contributed by atoms with Crippen LogP contribution in [-0.2, 0) is 5.41 Å². The fraction of sp³-hybridized carbons (Fsp3) is 0.0588. The number of rotatable bonds is 6. The van der Waals surface area contributed by atoms with Crippen LogP contribution in [0, 0.1) is 0 Å². The molecule has 0 bridgehead atoms. The lowest BCUT2D eigenvalue weighted by atomic mass is 9.82. The van der Waals surface area contributed by atoms with Gasteiger partial charge in [-0.3, -0.25) is 0 Å². The molecular weight excluding hydrogens is 659 g/mol. The van der Waals surface area contributed by atoms with Crippen LogP contribution in [0.25, 0.3) is 64.7 Å². The lowest BCUT2D eigenvalue weighted by molar-refractivity contribution is 0.660. The third kappa shape index (κ3) is 5.13. The van der Waals surface area contributed by atoms with Crippen LogP contribution in [0.3, 0.4) is 0 Å². The lowest BCUT2D eigenvalue weighted by Gasteiger charge is -2.31. The average molecular weight is 696 g/mol. The minimum atomic E-state index is -0.129. The minimum absolute atomic E-state index is 0.129. The summed E-state index contributed by atoms with van der Waals surface area (Å²) in [6, 6.07) is 69.1. The Bertz CT molecular complexity index is 2790. The van der Waals surface area contributed by atoms with Gasteiger partial charge in [0.15, 0.2) is 0 Å². The zero-order valence-corrected chi connectivity index (χ0v) is 30.6. The smallest absolute Gasteiger partial charge is 0.0547 e. The molecule has 9 aromatic rings. The van der Waals surface area contributed by atoms with Gasteiger partial charge in [0.25, 0.3) is 0 Å². The van der Waals surface area contributed by atoms with Crippen LogP contribution in [0.5, 0.6) is 0 Å². The van der Waals surface area contributed by atoms with Crippen LogP contribution >= 0.6 is 11.3 Å². The Morgan fingerprint density at radius 2 is 1.02 bits per heavy atom. The Morgan fingerprint density at radius 3 is 1.81 bits per heavy atom. The summed E-state index contributed by atoms with van der Waals surface area (Å²) in [5.41, 5.74) is 16.0. The normalized spacial score (nSPS) is 12.9. The van der Waals surface area contributed by atoms with Crippen molar-refractivity contribution in [2.45, 2.75) is 19.3 Å². The molecule has 0 aliphatic heterocycles. The number of hydrogen-bond acceptors (Lipinski definition) is 2. The summed E-state index contributed by atoms with van der Waals surface area (Å²) in [4.78, 5) is 2.52. The Kier molecular flexibility index (Phi) is 7.42. The van der Waals surface area contributed by atoms with E-state index < -0.39 is 0 Å². The summed E-state index contributed by atoms with van der Waals surface area (Å²) in [5.74, 6) is 0. The molecule has 1 aliphatic rings. The van der Waals surface area contributed by atoms with Gasteiger partial charge in [-0.15, -0.1) is 11.3 Å². The fourth-order valence-electron chi connectivity index (χ4n) is 8.51. The molecule has 1 nitrogen and oxygen atoms in total. The predicted molar refractivity (Wildman–Crippen MR) is 228 cm³/mol. The van der Waals surface area contributed by atoms with Crippen molar-refractivity contribution in [2.24, 2.45) is 0 Å². The van der Waals surface area contributed by atoms with Gasteiger partial charge in [0, 0.05) is 42.4 Å². The standard InChI is InChI=1S/C51H37NS/c1-51(2)43-22-12-9-20-40(43)41-30-29-38(33-44(41)51)52(45-23-13-10-19-39(45)36-17-7-4-8-18-36)46-31-32-48-50(42-21-11-14-24-47(42)53-48)49(46)37-27-25-35(26-28-37)34-15-5-3-6-16-34/h3-33H,1-2H3. The first kappa shape index (κ1) is 31.5. The van der Waals surface area contributed by atoms with Gasteiger partial charge < -0.3 is 4.90 Å². The molecule has 0 radical (unpaired) electrons. The number of benzene rings is 8. The monoisotopic (exact) mass is 695 g/mol. The number of hydrogen-bond donors (Lipinski definition) is 0. The zero-order chi connectivity index (χ0) is 35.5. The van der Waals surface area contributed by atoms with Gasteiger partial charge in [-0.1, -0.05) is 166 Å². The lowest BCUT2D eigenvalue weighted by Crippen LogP contribution is -2.17.